The zero-order valence-corrected chi connectivity index (χ0v) is 20.6. The average Bonchev–Trinajstić information content (AvgIpc) is 2.86. The fraction of sp³-hybridized carbons (Fsp3) is 0.609. The molecule has 1 aromatic carbocycles. The van der Waals surface area contributed by atoms with Crippen molar-refractivity contribution in [3.05, 3.63) is 35.9 Å². The van der Waals surface area contributed by atoms with Crippen LogP contribution in [0.1, 0.15) is 65.2 Å². The van der Waals surface area contributed by atoms with Crippen LogP contribution in [-0.4, -0.2) is 66.3 Å². The minimum Gasteiger partial charge on any atom is -0.444 e. The number of amides is 2. The van der Waals surface area contributed by atoms with E-state index in [9.17, 15) is 18.7 Å². The average molecular weight is 466 g/mol. The quantitative estimate of drug-likeness (QED) is 0.648. The molecule has 3 rings (SSSR count). The van der Waals surface area contributed by atoms with Crippen molar-refractivity contribution in [3.63, 3.8) is 0 Å². The Hall–Kier alpha value is -2.10. The third kappa shape index (κ3) is 5.10. The topological polar surface area (TPSA) is 103 Å². The smallest absolute Gasteiger partial charge is 0.410 e. The minimum absolute atomic E-state index is 0.182. The van der Waals surface area contributed by atoms with Gasteiger partial charge in [-0.05, 0) is 59.9 Å². The number of benzene rings is 1. The molecule has 2 saturated heterocycles. The summed E-state index contributed by atoms with van der Waals surface area (Å²) < 4.78 is 29.0. The number of carbonyl (C=O) groups is 2. The van der Waals surface area contributed by atoms with Gasteiger partial charge in [0.15, 0.2) is 0 Å². The Balaban J connectivity index is 1.86. The van der Waals surface area contributed by atoms with Crippen molar-refractivity contribution in [3.8, 4) is 0 Å². The first-order valence-corrected chi connectivity index (χ1v) is 12.5. The highest BCUT2D eigenvalue weighted by Gasteiger charge is 2.54. The van der Waals surface area contributed by atoms with Crippen LogP contribution >= 0.6 is 10.8 Å². The summed E-state index contributed by atoms with van der Waals surface area (Å²) in [7, 11) is -3.46. The lowest BCUT2D eigenvalue weighted by molar-refractivity contribution is -0.122. The van der Waals surface area contributed by atoms with Crippen molar-refractivity contribution >= 4 is 28.5 Å². The summed E-state index contributed by atoms with van der Waals surface area (Å²) in [5.41, 5.74) is -0.502. The van der Waals surface area contributed by atoms with Crippen LogP contribution in [0.4, 0.5) is 4.79 Å². The number of nitrogens with zero attached hydrogens (tertiary/aromatic N) is 3. The van der Waals surface area contributed by atoms with Gasteiger partial charge < -0.3 is 9.64 Å². The lowest BCUT2D eigenvalue weighted by atomic mass is 10.0. The first kappa shape index (κ1) is 24.5. The van der Waals surface area contributed by atoms with Crippen molar-refractivity contribution in [2.24, 2.45) is 4.99 Å². The maximum absolute atomic E-state index is 13.4. The number of carbonyl (C=O) groups excluding carboxylic acids is 2. The third-order valence-corrected chi connectivity index (χ3v) is 7.77. The SMILES string of the molecule is CC(C)(C)OC(=O)N1CCC(N=C2C(=O)N(C(C)(C)C)S(O)(O)C2c2ccccc2)CC1. The molecule has 0 bridgehead atoms. The molecule has 1 aromatic rings. The maximum Gasteiger partial charge on any atom is 0.410 e. The molecule has 9 heteroatoms. The van der Waals surface area contributed by atoms with Crippen molar-refractivity contribution in [1.82, 2.24) is 9.21 Å². The van der Waals surface area contributed by atoms with Crippen molar-refractivity contribution in [2.45, 2.75) is 76.8 Å². The van der Waals surface area contributed by atoms with Gasteiger partial charge in [0.2, 0.25) is 0 Å². The normalized spacial score (nSPS) is 24.7. The summed E-state index contributed by atoms with van der Waals surface area (Å²) in [5.74, 6) is -0.444. The Kier molecular flexibility index (Phi) is 6.66. The molecule has 178 valence electrons. The Morgan fingerprint density at radius 2 is 1.62 bits per heavy atom. The largest absolute Gasteiger partial charge is 0.444 e. The van der Waals surface area contributed by atoms with E-state index in [0.29, 0.717) is 31.5 Å². The minimum atomic E-state index is -3.46. The van der Waals surface area contributed by atoms with Gasteiger partial charge in [0, 0.05) is 13.1 Å². The fourth-order valence-electron chi connectivity index (χ4n) is 4.09. The van der Waals surface area contributed by atoms with Gasteiger partial charge in [-0.1, -0.05) is 30.3 Å². The number of hydrogen-bond acceptors (Lipinski definition) is 6. The molecule has 2 heterocycles. The van der Waals surface area contributed by atoms with E-state index in [-0.39, 0.29) is 17.8 Å². The van der Waals surface area contributed by atoms with E-state index in [4.69, 9.17) is 9.73 Å². The highest BCUT2D eigenvalue weighted by molar-refractivity contribution is 8.24. The van der Waals surface area contributed by atoms with Gasteiger partial charge in [-0.2, -0.15) is 0 Å². The van der Waals surface area contributed by atoms with E-state index in [1.807, 2.05) is 39.0 Å². The molecule has 2 aliphatic rings. The van der Waals surface area contributed by atoms with Crippen LogP contribution in [-0.2, 0) is 9.53 Å². The molecule has 0 radical (unpaired) electrons. The van der Waals surface area contributed by atoms with Gasteiger partial charge in [0.1, 0.15) is 16.6 Å². The van der Waals surface area contributed by atoms with E-state index < -0.39 is 33.1 Å². The van der Waals surface area contributed by atoms with Crippen LogP contribution < -0.4 is 0 Å². The number of piperidine rings is 1. The van der Waals surface area contributed by atoms with Gasteiger partial charge >= 0.3 is 6.09 Å². The summed E-state index contributed by atoms with van der Waals surface area (Å²) in [6.45, 7) is 11.8. The van der Waals surface area contributed by atoms with Crippen LogP contribution in [0.5, 0.6) is 0 Å². The molecular formula is C23H35N3O5S. The van der Waals surface area contributed by atoms with Gasteiger partial charge in [0.25, 0.3) is 5.91 Å². The van der Waals surface area contributed by atoms with Crippen LogP contribution in [0.3, 0.4) is 0 Å². The molecule has 2 amide bonds. The number of rotatable bonds is 2. The first-order valence-electron chi connectivity index (χ1n) is 10.9. The van der Waals surface area contributed by atoms with Gasteiger partial charge in [-0.25, -0.2) is 9.10 Å². The Bertz CT molecular complexity index is 881. The Morgan fingerprint density at radius 3 is 2.12 bits per heavy atom. The Morgan fingerprint density at radius 1 is 1.06 bits per heavy atom. The zero-order valence-electron chi connectivity index (χ0n) is 19.7. The first-order chi connectivity index (χ1) is 14.7. The molecule has 0 aliphatic carbocycles. The zero-order chi connectivity index (χ0) is 23.9. The standard InChI is InChI=1S/C23H35N3O5S/c1-22(2,3)26-20(27)18(19(32(26,29)30)16-10-8-7-9-11-16)24-17-12-14-25(15-13-17)21(28)31-23(4,5)6/h7-11,17,19,29-30H,12-15H2,1-6H3. The molecule has 2 fully saturated rings. The van der Waals surface area contributed by atoms with Gasteiger partial charge in [0.05, 0.1) is 11.6 Å². The van der Waals surface area contributed by atoms with Crippen LogP contribution in [0.25, 0.3) is 0 Å². The second kappa shape index (κ2) is 8.68. The van der Waals surface area contributed by atoms with Crippen molar-refractivity contribution in [2.75, 3.05) is 13.1 Å². The van der Waals surface area contributed by atoms with Crippen LogP contribution in [0, 0.1) is 0 Å². The third-order valence-electron chi connectivity index (χ3n) is 5.39. The lowest BCUT2D eigenvalue weighted by Crippen LogP contribution is -2.44. The molecular weight excluding hydrogens is 430 g/mol. The monoisotopic (exact) mass is 465 g/mol. The van der Waals surface area contributed by atoms with E-state index in [0.717, 1.165) is 0 Å². The summed E-state index contributed by atoms with van der Waals surface area (Å²) in [6.07, 6.45) is 0.800. The molecule has 8 nitrogen and oxygen atoms in total. The number of aliphatic imine (C=N–C) groups is 1. The molecule has 1 atom stereocenters. The number of ether oxygens (including phenoxy) is 1. The van der Waals surface area contributed by atoms with E-state index in [1.54, 1.807) is 37.8 Å². The second-order valence-electron chi connectivity index (χ2n) is 10.3. The summed E-state index contributed by atoms with van der Waals surface area (Å²) in [6, 6.07) is 8.86. The van der Waals surface area contributed by atoms with E-state index in [2.05, 4.69) is 0 Å². The van der Waals surface area contributed by atoms with E-state index >= 15 is 0 Å². The molecule has 0 spiro atoms. The molecule has 32 heavy (non-hydrogen) atoms. The summed E-state index contributed by atoms with van der Waals surface area (Å²) in [5, 5.41) is -0.903. The van der Waals surface area contributed by atoms with Crippen molar-refractivity contribution < 1.29 is 23.4 Å². The van der Waals surface area contributed by atoms with Crippen LogP contribution in [0.2, 0.25) is 0 Å². The predicted molar refractivity (Wildman–Crippen MR) is 127 cm³/mol. The molecule has 0 aromatic heterocycles. The molecule has 2 N–H and O–H groups in total. The van der Waals surface area contributed by atoms with Gasteiger partial charge in [-0.3, -0.25) is 18.9 Å². The number of hydrogen-bond donors (Lipinski definition) is 2. The highest BCUT2D eigenvalue weighted by atomic mass is 32.3. The highest BCUT2D eigenvalue weighted by Crippen LogP contribution is 2.64. The van der Waals surface area contributed by atoms with E-state index in [1.165, 1.54) is 4.31 Å². The second-order valence-corrected chi connectivity index (χ2v) is 12.3. The number of likely N-dealkylation sites (tertiary alicyclic amines) is 1. The summed E-state index contributed by atoms with van der Waals surface area (Å²) >= 11 is 0. The lowest BCUT2D eigenvalue weighted by Gasteiger charge is -2.46. The predicted octanol–water partition coefficient (Wildman–Crippen LogP) is 4.87. The molecule has 2 aliphatic heterocycles. The van der Waals surface area contributed by atoms with Crippen LogP contribution in [0.15, 0.2) is 35.3 Å². The molecule has 0 saturated carbocycles. The molecule has 1 unspecified atom stereocenters. The Labute approximate surface area is 192 Å². The maximum atomic E-state index is 13.4. The van der Waals surface area contributed by atoms with Gasteiger partial charge in [-0.15, -0.1) is 10.8 Å². The fourth-order valence-corrected chi connectivity index (χ4v) is 6.43. The summed E-state index contributed by atoms with van der Waals surface area (Å²) in [4.78, 5) is 32.1. The van der Waals surface area contributed by atoms with Crippen molar-refractivity contribution in [1.29, 1.82) is 0 Å².